The fraction of sp³-hybridized carbons (Fsp3) is 0.200. The minimum Gasteiger partial charge on any atom is -0.492 e. The normalized spacial score (nSPS) is 15.8. The van der Waals surface area contributed by atoms with Crippen molar-refractivity contribution in [2.75, 3.05) is 12.4 Å². The van der Waals surface area contributed by atoms with Crippen LogP contribution in [0.2, 0.25) is 5.02 Å². The third kappa shape index (κ3) is 5.71. The number of azo groups is 1. The van der Waals surface area contributed by atoms with Crippen LogP contribution in [0.25, 0.3) is 0 Å². The number of benzene rings is 1. The third-order valence-corrected chi connectivity index (χ3v) is 4.61. The maximum absolute atomic E-state index is 12.2. The van der Waals surface area contributed by atoms with Crippen LogP contribution in [0.3, 0.4) is 0 Å². The monoisotopic (exact) mass is 447 g/mol. The van der Waals surface area contributed by atoms with Gasteiger partial charge in [0, 0.05) is 11.6 Å². The molecule has 8 nitrogen and oxygen atoms in total. The molecular formula is C20H19Cl2N5O3. The topological polar surface area (TPSA) is 97.2 Å². The van der Waals surface area contributed by atoms with E-state index in [1.54, 1.807) is 31.2 Å². The number of pyridine rings is 1. The maximum atomic E-state index is 12.2. The third-order valence-electron chi connectivity index (χ3n) is 4.04. The quantitative estimate of drug-likeness (QED) is 0.568. The van der Waals surface area contributed by atoms with Crippen LogP contribution in [0.4, 0.5) is 16.2 Å². The first-order valence-corrected chi connectivity index (χ1v) is 9.68. The number of carbonyl (C=O) groups excluding carboxylic acids is 1. The number of anilines is 1. The van der Waals surface area contributed by atoms with Crippen LogP contribution in [0.15, 0.2) is 69.8 Å². The number of amides is 2. The number of methoxy groups -OCH3 is 1. The molecule has 0 aliphatic carbocycles. The van der Waals surface area contributed by atoms with Gasteiger partial charge in [-0.3, -0.25) is 0 Å². The Hall–Kier alpha value is -3.10. The van der Waals surface area contributed by atoms with E-state index >= 15 is 0 Å². The molecule has 0 saturated heterocycles. The summed E-state index contributed by atoms with van der Waals surface area (Å²) in [6.45, 7) is 2.15. The second-order valence-corrected chi connectivity index (χ2v) is 7.04. The summed E-state index contributed by atoms with van der Waals surface area (Å²) in [5, 5.41) is 14.9. The Labute approximate surface area is 183 Å². The molecule has 1 aliphatic rings. The van der Waals surface area contributed by atoms with E-state index < -0.39 is 6.03 Å². The van der Waals surface area contributed by atoms with Gasteiger partial charge in [-0.1, -0.05) is 35.3 Å². The molecule has 0 spiro atoms. The maximum Gasteiger partial charge on any atom is 0.319 e. The van der Waals surface area contributed by atoms with E-state index in [2.05, 4.69) is 25.8 Å². The number of hydrogen-bond acceptors (Lipinski definition) is 6. The first kappa shape index (κ1) is 21.6. The number of ether oxygens (including phenoxy) is 2. The summed E-state index contributed by atoms with van der Waals surface area (Å²) < 4.78 is 10.6. The minimum atomic E-state index is -0.398. The number of nitrogens with zero attached hydrogens (tertiary/aromatic N) is 3. The average molecular weight is 448 g/mol. The lowest BCUT2D eigenvalue weighted by Crippen LogP contribution is -2.28. The standard InChI is InChI=1S/C20H19Cl2N5O3/c1-12-18(16(22)7-8-30-12)27-26-17-9-15(11-23-19(17)29-2)25-20(28)24-10-13-3-5-14(21)6-4-13/h3-9,11-12H,10H2,1-2H3,(H2,24,25,28). The highest BCUT2D eigenvalue weighted by Crippen LogP contribution is 2.30. The molecule has 0 saturated carbocycles. The lowest BCUT2D eigenvalue weighted by atomic mass is 10.2. The number of nitrogens with one attached hydrogen (secondary N) is 2. The van der Waals surface area contributed by atoms with Crippen LogP contribution >= 0.6 is 23.2 Å². The number of rotatable bonds is 6. The summed E-state index contributed by atoms with van der Waals surface area (Å²) >= 11 is 12.0. The molecule has 0 radical (unpaired) electrons. The fourth-order valence-electron chi connectivity index (χ4n) is 2.50. The average Bonchev–Trinajstić information content (AvgIpc) is 2.73. The number of carbonyl (C=O) groups is 1. The molecule has 2 N–H and O–H groups in total. The van der Waals surface area contributed by atoms with Gasteiger partial charge in [0.05, 0.1) is 30.3 Å². The second-order valence-electron chi connectivity index (χ2n) is 6.20. The van der Waals surface area contributed by atoms with Crippen molar-refractivity contribution in [2.24, 2.45) is 10.2 Å². The first-order chi connectivity index (χ1) is 14.5. The predicted octanol–water partition coefficient (Wildman–Crippen LogP) is 5.53. The molecule has 1 unspecified atom stereocenters. The molecule has 2 heterocycles. The molecule has 3 rings (SSSR count). The smallest absolute Gasteiger partial charge is 0.319 e. The fourth-order valence-corrected chi connectivity index (χ4v) is 2.86. The second kappa shape index (κ2) is 10.1. The van der Waals surface area contributed by atoms with Gasteiger partial charge < -0.3 is 20.1 Å². The van der Waals surface area contributed by atoms with E-state index in [4.69, 9.17) is 32.7 Å². The van der Waals surface area contributed by atoms with E-state index in [9.17, 15) is 4.79 Å². The number of halogens is 2. The molecule has 0 fully saturated rings. The summed E-state index contributed by atoms with van der Waals surface area (Å²) in [5.41, 5.74) is 2.14. The lowest BCUT2D eigenvalue weighted by Gasteiger charge is -2.16. The molecule has 1 atom stereocenters. The molecule has 2 amide bonds. The number of aromatic nitrogens is 1. The molecule has 2 aromatic rings. The molecule has 1 aliphatic heterocycles. The Morgan fingerprint density at radius 3 is 2.73 bits per heavy atom. The molecule has 1 aromatic carbocycles. The Bertz CT molecular complexity index is 1010. The van der Waals surface area contributed by atoms with Crippen molar-refractivity contribution < 1.29 is 14.3 Å². The Kier molecular flexibility index (Phi) is 7.26. The van der Waals surface area contributed by atoms with Gasteiger partial charge in [0.1, 0.15) is 17.5 Å². The van der Waals surface area contributed by atoms with E-state index in [0.717, 1.165) is 5.56 Å². The van der Waals surface area contributed by atoms with Crippen molar-refractivity contribution in [3.63, 3.8) is 0 Å². The molecule has 1 aromatic heterocycles. The minimum absolute atomic E-state index is 0.252. The molecular weight excluding hydrogens is 429 g/mol. The largest absolute Gasteiger partial charge is 0.492 e. The zero-order valence-electron chi connectivity index (χ0n) is 16.2. The van der Waals surface area contributed by atoms with Crippen LogP contribution in [-0.4, -0.2) is 24.2 Å². The van der Waals surface area contributed by atoms with Crippen LogP contribution < -0.4 is 15.4 Å². The van der Waals surface area contributed by atoms with Gasteiger partial charge in [-0.2, -0.15) is 0 Å². The van der Waals surface area contributed by atoms with Gasteiger partial charge in [0.25, 0.3) is 0 Å². The SMILES string of the molecule is COc1ncc(NC(=O)NCc2ccc(Cl)cc2)cc1N=NC1=C(Cl)C=COC1C. The van der Waals surface area contributed by atoms with E-state index in [-0.39, 0.29) is 12.0 Å². The van der Waals surface area contributed by atoms with Crippen molar-refractivity contribution in [3.05, 3.63) is 70.2 Å². The van der Waals surface area contributed by atoms with Crippen molar-refractivity contribution in [1.29, 1.82) is 0 Å². The molecule has 10 heteroatoms. The highest BCUT2D eigenvalue weighted by atomic mass is 35.5. The van der Waals surface area contributed by atoms with Crippen LogP contribution in [0.5, 0.6) is 5.88 Å². The lowest BCUT2D eigenvalue weighted by molar-refractivity contribution is 0.186. The first-order valence-electron chi connectivity index (χ1n) is 8.93. The molecule has 156 valence electrons. The Balaban J connectivity index is 1.69. The van der Waals surface area contributed by atoms with Gasteiger partial charge in [0.2, 0.25) is 5.88 Å². The van der Waals surface area contributed by atoms with E-state index in [0.29, 0.717) is 33.7 Å². The Morgan fingerprint density at radius 2 is 2.03 bits per heavy atom. The summed E-state index contributed by atoms with van der Waals surface area (Å²) in [5.74, 6) is 0.252. The molecule has 0 bridgehead atoms. The van der Waals surface area contributed by atoms with E-state index in [1.165, 1.54) is 19.6 Å². The number of hydrogen-bond donors (Lipinski definition) is 2. The highest BCUT2D eigenvalue weighted by Gasteiger charge is 2.16. The number of urea groups is 1. The van der Waals surface area contributed by atoms with Crippen molar-refractivity contribution in [3.8, 4) is 5.88 Å². The number of allylic oxidation sites excluding steroid dienone is 2. The van der Waals surface area contributed by atoms with Crippen molar-refractivity contribution >= 4 is 40.6 Å². The summed E-state index contributed by atoms with van der Waals surface area (Å²) in [6, 6.07) is 8.39. The van der Waals surface area contributed by atoms with Crippen LogP contribution in [0.1, 0.15) is 12.5 Å². The van der Waals surface area contributed by atoms with Gasteiger partial charge in [-0.05, 0) is 36.8 Å². The van der Waals surface area contributed by atoms with Crippen molar-refractivity contribution in [1.82, 2.24) is 10.3 Å². The molecule has 30 heavy (non-hydrogen) atoms. The summed E-state index contributed by atoms with van der Waals surface area (Å²) in [6.07, 6.45) is 4.21. The summed E-state index contributed by atoms with van der Waals surface area (Å²) in [7, 11) is 1.47. The van der Waals surface area contributed by atoms with Gasteiger partial charge in [0.15, 0.2) is 0 Å². The van der Waals surface area contributed by atoms with Gasteiger partial charge in [-0.25, -0.2) is 9.78 Å². The van der Waals surface area contributed by atoms with Gasteiger partial charge >= 0.3 is 6.03 Å². The van der Waals surface area contributed by atoms with Crippen LogP contribution in [0, 0.1) is 0 Å². The van der Waals surface area contributed by atoms with Gasteiger partial charge in [-0.15, -0.1) is 10.2 Å². The predicted molar refractivity (Wildman–Crippen MR) is 115 cm³/mol. The zero-order valence-corrected chi connectivity index (χ0v) is 17.7. The zero-order chi connectivity index (χ0) is 21.5. The van der Waals surface area contributed by atoms with E-state index in [1.807, 2.05) is 12.1 Å². The highest BCUT2D eigenvalue weighted by molar-refractivity contribution is 6.31. The summed E-state index contributed by atoms with van der Waals surface area (Å²) in [4.78, 5) is 16.4. The van der Waals surface area contributed by atoms with Crippen LogP contribution in [-0.2, 0) is 11.3 Å². The Morgan fingerprint density at radius 1 is 1.27 bits per heavy atom. The van der Waals surface area contributed by atoms with Crippen molar-refractivity contribution in [2.45, 2.75) is 19.6 Å².